The molecule has 0 bridgehead atoms. The first-order valence-corrected chi connectivity index (χ1v) is 7.92. The van der Waals surface area contributed by atoms with Gasteiger partial charge in [0.1, 0.15) is 5.01 Å². The number of hydrogen-bond donors (Lipinski definition) is 0. The molecule has 1 nitrogen and oxygen atoms in total. The zero-order chi connectivity index (χ0) is 11.5. The van der Waals surface area contributed by atoms with Crippen LogP contribution >= 0.6 is 39.0 Å². The Balaban J connectivity index is 2.36. The zero-order valence-electron chi connectivity index (χ0n) is 9.16. The molecule has 2 aromatic rings. The molecule has 1 heterocycles. The molecule has 0 aliphatic rings. The van der Waals surface area contributed by atoms with Gasteiger partial charge in [0.05, 0.1) is 5.69 Å². The highest BCUT2D eigenvalue weighted by Crippen LogP contribution is 2.29. The van der Waals surface area contributed by atoms with Crippen LogP contribution in [-0.4, -0.2) is 11.2 Å². The minimum absolute atomic E-state index is 1.00. The van der Waals surface area contributed by atoms with E-state index in [9.17, 15) is 0 Å². The minimum Gasteiger partial charge on any atom is -0.240 e. The maximum absolute atomic E-state index is 4.68. The van der Waals surface area contributed by atoms with Gasteiger partial charge < -0.3 is 0 Å². The first kappa shape index (κ1) is 12.1. The first-order valence-electron chi connectivity index (χ1n) is 4.92. The van der Waals surface area contributed by atoms with Gasteiger partial charge >= 0.3 is 0 Å². The quantitative estimate of drug-likeness (QED) is 0.811. The lowest BCUT2D eigenvalue weighted by molar-refractivity contribution is 1.26. The lowest BCUT2D eigenvalue weighted by Gasteiger charge is -1.98. The van der Waals surface area contributed by atoms with Gasteiger partial charge in [-0.15, -0.1) is 11.3 Å². The third-order valence-electron chi connectivity index (χ3n) is 2.23. The van der Waals surface area contributed by atoms with E-state index in [1.165, 1.54) is 15.4 Å². The Morgan fingerprint density at radius 1 is 1.31 bits per heavy atom. The lowest BCUT2D eigenvalue weighted by atomic mass is 10.1. The third kappa shape index (κ3) is 2.67. The van der Waals surface area contributed by atoms with E-state index in [0.29, 0.717) is 0 Å². The summed E-state index contributed by atoms with van der Waals surface area (Å²) in [4.78, 5) is 5.98. The molecule has 0 saturated carbocycles. The van der Waals surface area contributed by atoms with Crippen LogP contribution in [0.15, 0.2) is 28.7 Å². The molecule has 0 radical (unpaired) electrons. The summed E-state index contributed by atoms with van der Waals surface area (Å²) in [6.07, 6.45) is 2.11. The molecule has 16 heavy (non-hydrogen) atoms. The van der Waals surface area contributed by atoms with Crippen LogP contribution in [0.3, 0.4) is 0 Å². The second-order valence-corrected chi connectivity index (χ2v) is 6.52. The SMILES string of the molecule is CSCc1nc(-c2ccc(Br)cc2)c(C)s1. The van der Waals surface area contributed by atoms with E-state index in [0.717, 1.165) is 15.9 Å². The van der Waals surface area contributed by atoms with Gasteiger partial charge in [-0.25, -0.2) is 4.98 Å². The molecular weight excluding hydrogens is 302 g/mol. The highest BCUT2D eigenvalue weighted by atomic mass is 79.9. The first-order chi connectivity index (χ1) is 7.70. The Hall–Kier alpha value is -0.320. The number of rotatable bonds is 3. The maximum Gasteiger partial charge on any atom is 0.103 e. The van der Waals surface area contributed by atoms with Gasteiger partial charge in [-0.1, -0.05) is 28.1 Å². The van der Waals surface area contributed by atoms with Crippen molar-refractivity contribution in [2.24, 2.45) is 0 Å². The molecule has 0 atom stereocenters. The number of thiazole rings is 1. The van der Waals surface area contributed by atoms with Crippen LogP contribution in [0.5, 0.6) is 0 Å². The fraction of sp³-hybridized carbons (Fsp3) is 0.250. The van der Waals surface area contributed by atoms with E-state index in [1.807, 2.05) is 11.8 Å². The van der Waals surface area contributed by atoms with Crippen molar-refractivity contribution in [2.75, 3.05) is 6.26 Å². The Labute approximate surface area is 112 Å². The molecule has 0 N–H and O–H groups in total. The summed E-state index contributed by atoms with van der Waals surface area (Å²) in [5, 5.41) is 1.21. The van der Waals surface area contributed by atoms with Crippen LogP contribution in [-0.2, 0) is 5.75 Å². The van der Waals surface area contributed by atoms with Crippen molar-refractivity contribution in [3.05, 3.63) is 38.6 Å². The standard InChI is InChI=1S/C12H12BrNS2/c1-8-12(14-11(16-8)7-15-2)9-3-5-10(13)6-4-9/h3-6H,7H2,1-2H3. The number of benzene rings is 1. The largest absolute Gasteiger partial charge is 0.240 e. The molecule has 0 saturated heterocycles. The third-order valence-corrected chi connectivity index (χ3v) is 4.47. The van der Waals surface area contributed by atoms with Crippen LogP contribution in [0.2, 0.25) is 0 Å². The number of nitrogens with zero attached hydrogens (tertiary/aromatic N) is 1. The second-order valence-electron chi connectivity index (χ2n) is 3.45. The van der Waals surface area contributed by atoms with Crippen molar-refractivity contribution < 1.29 is 0 Å². The normalized spacial score (nSPS) is 10.7. The predicted octanol–water partition coefficient (Wildman–Crippen LogP) is 4.74. The zero-order valence-corrected chi connectivity index (χ0v) is 12.4. The van der Waals surface area contributed by atoms with E-state index in [1.54, 1.807) is 11.3 Å². The number of hydrogen-bond acceptors (Lipinski definition) is 3. The predicted molar refractivity (Wildman–Crippen MR) is 77.2 cm³/mol. The fourth-order valence-corrected chi connectivity index (χ4v) is 3.43. The number of aromatic nitrogens is 1. The summed E-state index contributed by atoms with van der Waals surface area (Å²) in [6.45, 7) is 2.14. The highest BCUT2D eigenvalue weighted by molar-refractivity contribution is 9.10. The van der Waals surface area contributed by atoms with Crippen LogP contribution in [0.4, 0.5) is 0 Å². The topological polar surface area (TPSA) is 12.9 Å². The van der Waals surface area contributed by atoms with Crippen LogP contribution in [0.1, 0.15) is 9.88 Å². The Kier molecular flexibility index (Phi) is 4.05. The fourth-order valence-electron chi connectivity index (χ4n) is 1.51. The van der Waals surface area contributed by atoms with E-state index in [2.05, 4.69) is 58.4 Å². The van der Waals surface area contributed by atoms with Gasteiger partial charge in [0.15, 0.2) is 0 Å². The number of aryl methyl sites for hydroxylation is 1. The molecule has 84 valence electrons. The molecule has 0 spiro atoms. The Morgan fingerprint density at radius 3 is 2.62 bits per heavy atom. The molecule has 0 amide bonds. The van der Waals surface area contributed by atoms with Crippen LogP contribution in [0, 0.1) is 6.92 Å². The summed E-state index contributed by atoms with van der Waals surface area (Å²) in [5.41, 5.74) is 2.32. The number of thioether (sulfide) groups is 1. The molecule has 0 aliphatic carbocycles. The Bertz CT molecular complexity index is 476. The lowest BCUT2D eigenvalue weighted by Crippen LogP contribution is -1.82. The van der Waals surface area contributed by atoms with Crippen molar-refractivity contribution in [1.82, 2.24) is 4.98 Å². The molecule has 1 aromatic carbocycles. The molecular formula is C12H12BrNS2. The van der Waals surface area contributed by atoms with Gasteiger partial charge in [-0.2, -0.15) is 11.8 Å². The molecule has 0 fully saturated rings. The molecule has 1 aromatic heterocycles. The Morgan fingerprint density at radius 2 is 2.00 bits per heavy atom. The van der Waals surface area contributed by atoms with Gasteiger partial charge in [-0.3, -0.25) is 0 Å². The summed E-state index contributed by atoms with van der Waals surface area (Å²) in [5.74, 6) is 1.00. The van der Waals surface area contributed by atoms with E-state index in [4.69, 9.17) is 0 Å². The monoisotopic (exact) mass is 313 g/mol. The van der Waals surface area contributed by atoms with Gasteiger partial charge in [0, 0.05) is 20.7 Å². The van der Waals surface area contributed by atoms with Crippen LogP contribution in [0.25, 0.3) is 11.3 Å². The van der Waals surface area contributed by atoms with E-state index in [-0.39, 0.29) is 0 Å². The summed E-state index contributed by atoms with van der Waals surface area (Å²) < 4.78 is 1.11. The number of halogens is 1. The second kappa shape index (κ2) is 5.34. The van der Waals surface area contributed by atoms with Crippen molar-refractivity contribution in [3.8, 4) is 11.3 Å². The van der Waals surface area contributed by atoms with Gasteiger partial charge in [-0.05, 0) is 25.3 Å². The molecule has 4 heteroatoms. The minimum atomic E-state index is 1.00. The molecule has 0 unspecified atom stereocenters. The van der Waals surface area contributed by atoms with Crippen molar-refractivity contribution in [1.29, 1.82) is 0 Å². The van der Waals surface area contributed by atoms with Gasteiger partial charge in [0.25, 0.3) is 0 Å². The summed E-state index contributed by atoms with van der Waals surface area (Å²) >= 11 is 7.05. The van der Waals surface area contributed by atoms with Crippen LogP contribution < -0.4 is 0 Å². The van der Waals surface area contributed by atoms with E-state index >= 15 is 0 Å². The average Bonchev–Trinajstić information content (AvgIpc) is 2.61. The maximum atomic E-state index is 4.68. The molecule has 2 rings (SSSR count). The highest BCUT2D eigenvalue weighted by Gasteiger charge is 2.08. The van der Waals surface area contributed by atoms with Crippen molar-refractivity contribution in [2.45, 2.75) is 12.7 Å². The summed E-state index contributed by atoms with van der Waals surface area (Å²) in [7, 11) is 0. The smallest absolute Gasteiger partial charge is 0.103 e. The van der Waals surface area contributed by atoms with Crippen molar-refractivity contribution in [3.63, 3.8) is 0 Å². The van der Waals surface area contributed by atoms with Gasteiger partial charge in [0.2, 0.25) is 0 Å². The van der Waals surface area contributed by atoms with Crippen molar-refractivity contribution >= 4 is 39.0 Å². The summed E-state index contributed by atoms with van der Waals surface area (Å²) in [6, 6.07) is 8.33. The molecule has 0 aliphatic heterocycles. The van der Waals surface area contributed by atoms with E-state index < -0.39 is 0 Å². The average molecular weight is 314 g/mol.